The summed E-state index contributed by atoms with van der Waals surface area (Å²) in [7, 11) is 0. The first-order valence-corrected chi connectivity index (χ1v) is 5.61. The summed E-state index contributed by atoms with van der Waals surface area (Å²) in [4.78, 5) is 0. The molecule has 2 rings (SSSR count). The molecule has 0 aliphatic rings. The van der Waals surface area contributed by atoms with Crippen molar-refractivity contribution in [3.8, 4) is 17.2 Å². The fourth-order valence-corrected chi connectivity index (χ4v) is 1.91. The summed E-state index contributed by atoms with van der Waals surface area (Å²) in [5, 5.41) is 8.49. The molecular weight excluding hydrogens is 256 g/mol. The quantitative estimate of drug-likeness (QED) is 0.790. The van der Waals surface area contributed by atoms with E-state index in [9.17, 15) is 8.78 Å². The van der Waals surface area contributed by atoms with Gasteiger partial charge in [-0.25, -0.2) is 8.78 Å². The third-order valence-corrected chi connectivity index (χ3v) is 2.97. The lowest BCUT2D eigenvalue weighted by Gasteiger charge is -2.07. The van der Waals surface area contributed by atoms with Gasteiger partial charge in [-0.3, -0.25) is 0 Å². The van der Waals surface area contributed by atoms with Crippen LogP contribution in [0.5, 0.6) is 0 Å². The van der Waals surface area contributed by atoms with Crippen LogP contribution in [0.3, 0.4) is 0 Å². The molecule has 2 aromatic rings. The third kappa shape index (κ3) is 2.34. The number of hydrogen-bond donors (Lipinski definition) is 0. The lowest BCUT2D eigenvalue weighted by molar-refractivity contribution is 0.615. The average molecular weight is 264 g/mol. The Hall–Kier alpha value is -1.92. The van der Waals surface area contributed by atoms with E-state index in [1.165, 1.54) is 24.3 Å². The molecule has 0 unspecified atom stereocenters. The normalized spacial score (nSPS) is 10.1. The Morgan fingerprint density at radius 3 is 2.56 bits per heavy atom. The average Bonchev–Trinajstić information content (AvgIpc) is 2.35. The molecule has 0 N–H and O–H groups in total. The van der Waals surface area contributed by atoms with Crippen LogP contribution >= 0.6 is 11.6 Å². The number of nitriles is 1. The number of nitrogens with zero attached hydrogens (tertiary/aromatic N) is 1. The molecule has 2 aromatic carbocycles. The second-order valence-corrected chi connectivity index (χ2v) is 4.12. The fraction of sp³-hybridized carbons (Fsp3) is 0.0714. The van der Waals surface area contributed by atoms with Crippen molar-refractivity contribution in [2.45, 2.75) is 6.42 Å². The summed E-state index contributed by atoms with van der Waals surface area (Å²) in [6.07, 6.45) is 0.00297. The van der Waals surface area contributed by atoms with Gasteiger partial charge >= 0.3 is 0 Å². The molecule has 0 radical (unpaired) electrons. The lowest BCUT2D eigenvalue weighted by Crippen LogP contribution is -1.90. The van der Waals surface area contributed by atoms with E-state index in [4.69, 9.17) is 16.9 Å². The molecule has 0 aromatic heterocycles. The van der Waals surface area contributed by atoms with E-state index in [2.05, 4.69) is 0 Å². The van der Waals surface area contributed by atoms with E-state index in [1.807, 2.05) is 6.07 Å². The van der Waals surface area contributed by atoms with Crippen LogP contribution in [-0.2, 0) is 6.42 Å². The van der Waals surface area contributed by atoms with Gasteiger partial charge in [0.2, 0.25) is 0 Å². The van der Waals surface area contributed by atoms with Gasteiger partial charge in [-0.2, -0.15) is 5.26 Å². The van der Waals surface area contributed by atoms with E-state index >= 15 is 0 Å². The molecule has 0 saturated carbocycles. The van der Waals surface area contributed by atoms with Crippen LogP contribution in [0.15, 0.2) is 36.4 Å². The fourth-order valence-electron chi connectivity index (χ4n) is 1.67. The Balaban J connectivity index is 2.50. The minimum atomic E-state index is -0.546. The van der Waals surface area contributed by atoms with Crippen LogP contribution in [0.4, 0.5) is 8.78 Å². The van der Waals surface area contributed by atoms with E-state index in [1.54, 1.807) is 12.1 Å². The summed E-state index contributed by atoms with van der Waals surface area (Å²) in [6.45, 7) is 0. The van der Waals surface area contributed by atoms with Gasteiger partial charge in [0, 0.05) is 11.1 Å². The van der Waals surface area contributed by atoms with Crippen LogP contribution < -0.4 is 0 Å². The van der Waals surface area contributed by atoms with E-state index in [-0.39, 0.29) is 11.4 Å². The largest absolute Gasteiger partial charge is 0.207 e. The molecule has 4 heteroatoms. The smallest absolute Gasteiger partial charge is 0.142 e. The first-order chi connectivity index (χ1) is 8.63. The third-order valence-electron chi connectivity index (χ3n) is 2.59. The Morgan fingerprint density at radius 1 is 1.11 bits per heavy atom. The van der Waals surface area contributed by atoms with Crippen LogP contribution in [-0.4, -0.2) is 0 Å². The summed E-state index contributed by atoms with van der Waals surface area (Å²) in [6, 6.07) is 10.6. The van der Waals surface area contributed by atoms with E-state index < -0.39 is 11.6 Å². The van der Waals surface area contributed by atoms with Gasteiger partial charge in [0.15, 0.2) is 0 Å². The van der Waals surface area contributed by atoms with E-state index in [0.717, 1.165) is 0 Å². The Kier molecular flexibility index (Phi) is 3.59. The maximum atomic E-state index is 13.7. The number of halogens is 3. The molecular formula is C14H8ClF2N. The standard InChI is InChI=1S/C14H8ClF2N/c15-14-11(2-1-3-12(14)16)10-5-4-9(6-7-18)13(17)8-10/h1-5,8H,6H2. The predicted octanol–water partition coefficient (Wildman–Crippen LogP) is 4.35. The summed E-state index contributed by atoms with van der Waals surface area (Å²) < 4.78 is 27.0. The molecule has 0 bridgehead atoms. The maximum absolute atomic E-state index is 13.7. The van der Waals surface area contributed by atoms with Crippen LogP contribution in [0.1, 0.15) is 5.56 Å². The summed E-state index contributed by atoms with van der Waals surface area (Å²) in [5.41, 5.74) is 1.23. The molecule has 0 spiro atoms. The first-order valence-electron chi connectivity index (χ1n) is 5.23. The van der Waals surface area contributed by atoms with Crippen LogP contribution in [0, 0.1) is 23.0 Å². The van der Waals surface area contributed by atoms with Gasteiger partial charge in [-0.15, -0.1) is 0 Å². The maximum Gasteiger partial charge on any atom is 0.142 e. The highest BCUT2D eigenvalue weighted by molar-refractivity contribution is 6.33. The van der Waals surface area contributed by atoms with Gasteiger partial charge in [-0.05, 0) is 17.7 Å². The molecule has 18 heavy (non-hydrogen) atoms. The zero-order valence-corrected chi connectivity index (χ0v) is 10.0. The van der Waals surface area contributed by atoms with Gasteiger partial charge in [0.1, 0.15) is 11.6 Å². The molecule has 0 aliphatic heterocycles. The van der Waals surface area contributed by atoms with Crippen molar-refractivity contribution >= 4 is 11.6 Å². The van der Waals surface area contributed by atoms with Gasteiger partial charge in [0.05, 0.1) is 17.5 Å². The summed E-state index contributed by atoms with van der Waals surface area (Å²) >= 11 is 5.83. The molecule has 0 aliphatic carbocycles. The van der Waals surface area contributed by atoms with Gasteiger partial charge in [0.25, 0.3) is 0 Å². The van der Waals surface area contributed by atoms with Crippen LogP contribution in [0.25, 0.3) is 11.1 Å². The Labute approximate surface area is 108 Å². The predicted molar refractivity (Wildman–Crippen MR) is 66.1 cm³/mol. The molecule has 1 nitrogen and oxygen atoms in total. The highest BCUT2D eigenvalue weighted by Gasteiger charge is 2.10. The van der Waals surface area contributed by atoms with Gasteiger partial charge < -0.3 is 0 Å². The van der Waals surface area contributed by atoms with Gasteiger partial charge in [-0.1, -0.05) is 35.9 Å². The molecule has 0 fully saturated rings. The molecule has 90 valence electrons. The monoisotopic (exact) mass is 263 g/mol. The molecule has 0 heterocycles. The van der Waals surface area contributed by atoms with Crippen molar-refractivity contribution in [3.63, 3.8) is 0 Å². The van der Waals surface area contributed by atoms with Crippen LogP contribution in [0.2, 0.25) is 5.02 Å². The zero-order valence-electron chi connectivity index (χ0n) is 9.25. The zero-order chi connectivity index (χ0) is 13.1. The second-order valence-electron chi connectivity index (χ2n) is 3.74. The molecule has 0 saturated heterocycles. The highest BCUT2D eigenvalue weighted by atomic mass is 35.5. The number of hydrogen-bond acceptors (Lipinski definition) is 1. The number of rotatable bonds is 2. The van der Waals surface area contributed by atoms with Crippen molar-refractivity contribution in [2.75, 3.05) is 0 Å². The number of benzene rings is 2. The van der Waals surface area contributed by atoms with E-state index in [0.29, 0.717) is 16.7 Å². The highest BCUT2D eigenvalue weighted by Crippen LogP contribution is 2.30. The summed E-state index contributed by atoms with van der Waals surface area (Å²) in [5.74, 6) is -1.04. The van der Waals surface area contributed by atoms with Crippen molar-refractivity contribution < 1.29 is 8.78 Å². The van der Waals surface area contributed by atoms with Crippen molar-refractivity contribution in [1.82, 2.24) is 0 Å². The molecule has 0 atom stereocenters. The van der Waals surface area contributed by atoms with Crippen molar-refractivity contribution in [2.24, 2.45) is 0 Å². The Morgan fingerprint density at radius 2 is 1.89 bits per heavy atom. The topological polar surface area (TPSA) is 23.8 Å². The van der Waals surface area contributed by atoms with Crippen molar-refractivity contribution in [1.29, 1.82) is 5.26 Å². The second kappa shape index (κ2) is 5.16. The minimum absolute atomic E-state index is 0.00297. The SMILES string of the molecule is N#CCc1ccc(-c2cccc(F)c2Cl)cc1F. The van der Waals surface area contributed by atoms with Crippen molar-refractivity contribution in [3.05, 3.63) is 58.6 Å². The first kappa shape index (κ1) is 12.5. The molecule has 0 amide bonds. The minimum Gasteiger partial charge on any atom is -0.207 e. The lowest BCUT2D eigenvalue weighted by atomic mass is 10.0. The Bertz CT molecular complexity index is 632.